The van der Waals surface area contributed by atoms with Crippen molar-refractivity contribution in [2.75, 3.05) is 24.8 Å². The van der Waals surface area contributed by atoms with Gasteiger partial charge in [0.2, 0.25) is 0 Å². The molecule has 2 N–H and O–H groups in total. The summed E-state index contributed by atoms with van der Waals surface area (Å²) in [4.78, 5) is 11.8. The van der Waals surface area contributed by atoms with E-state index in [0.29, 0.717) is 11.8 Å². The first-order valence-corrected chi connectivity index (χ1v) is 6.52. The number of carbonyl (C=O) groups is 1. The first kappa shape index (κ1) is 14.3. The average molecular weight is 277 g/mol. The average Bonchev–Trinajstić information content (AvgIpc) is 2.29. The van der Waals surface area contributed by atoms with Crippen LogP contribution in [0.3, 0.4) is 0 Å². The lowest BCUT2D eigenvalue weighted by atomic mass is 10.1. The second kappa shape index (κ2) is 7.54. The second-order valence-electron chi connectivity index (χ2n) is 3.75. The van der Waals surface area contributed by atoms with Gasteiger partial charge in [-0.3, -0.25) is 4.79 Å². The number of alkyl halides is 2. The predicted molar refractivity (Wildman–Crippen MR) is 69.6 cm³/mol. The summed E-state index contributed by atoms with van der Waals surface area (Å²) in [5.41, 5.74) is 1.90. The van der Waals surface area contributed by atoms with Gasteiger partial charge in [0.15, 0.2) is 0 Å². The zero-order valence-electron chi connectivity index (χ0n) is 9.46. The minimum absolute atomic E-state index is 0.0562. The summed E-state index contributed by atoms with van der Waals surface area (Å²) in [5, 5.41) is 8.67. The zero-order valence-corrected chi connectivity index (χ0v) is 11.0. The van der Waals surface area contributed by atoms with Crippen LogP contribution in [0.4, 0.5) is 5.69 Å². The molecule has 94 valence electrons. The van der Waals surface area contributed by atoms with Crippen LogP contribution in [-0.4, -0.2) is 35.9 Å². The molecule has 0 heterocycles. The van der Waals surface area contributed by atoms with Crippen LogP contribution in [-0.2, 0) is 11.2 Å². The number of carboxylic acids is 1. The topological polar surface area (TPSA) is 41.7 Å². The summed E-state index contributed by atoms with van der Waals surface area (Å²) >= 11 is 11.5. The van der Waals surface area contributed by atoms with E-state index in [1.807, 2.05) is 24.3 Å². The summed E-state index contributed by atoms with van der Waals surface area (Å²) < 4.78 is 0. The monoisotopic (exact) mass is 276 g/mol. The van der Waals surface area contributed by atoms with Crippen LogP contribution in [0.1, 0.15) is 5.56 Å². The fourth-order valence-electron chi connectivity index (χ4n) is 1.67. The van der Waals surface area contributed by atoms with E-state index in [1.54, 1.807) is 0 Å². The van der Waals surface area contributed by atoms with E-state index in [-0.39, 0.29) is 6.42 Å². The first-order chi connectivity index (χ1) is 8.17. The molecule has 0 aliphatic carbocycles. The van der Waals surface area contributed by atoms with Gasteiger partial charge in [0.05, 0.1) is 31.3 Å². The molecule has 0 spiro atoms. The van der Waals surface area contributed by atoms with Crippen LogP contribution in [0.5, 0.6) is 0 Å². The molecular formula is C12H16Cl2NO2+. The molecule has 0 aliphatic heterocycles. The standard InChI is InChI=1S/C12H15Cl2NO2/c13-5-7-15(8-6-14)11-3-1-10(2-4-11)9-12(16)17/h1-4H,5-9H2,(H,16,17)/p+1. The molecule has 0 unspecified atom stereocenters. The SMILES string of the molecule is O=C(O)Cc1ccc([NH+](CCCl)CCCl)cc1. The molecule has 5 heteroatoms. The molecule has 0 bridgehead atoms. The molecule has 1 aromatic rings. The highest BCUT2D eigenvalue weighted by molar-refractivity contribution is 6.18. The van der Waals surface area contributed by atoms with E-state index in [9.17, 15) is 4.79 Å². The summed E-state index contributed by atoms with van der Waals surface area (Å²) in [6.45, 7) is 1.62. The van der Waals surface area contributed by atoms with Crippen LogP contribution in [0.2, 0.25) is 0 Å². The van der Waals surface area contributed by atoms with Gasteiger partial charge in [-0.05, 0) is 17.7 Å². The quantitative estimate of drug-likeness (QED) is 0.738. The molecule has 1 aromatic carbocycles. The Labute approximate surface area is 111 Å². The third kappa shape index (κ3) is 4.94. The Hall–Kier alpha value is -0.770. The van der Waals surface area contributed by atoms with Crippen molar-refractivity contribution in [2.45, 2.75) is 6.42 Å². The number of nitrogens with one attached hydrogen (secondary N) is 1. The highest BCUT2D eigenvalue weighted by Gasteiger charge is 2.11. The molecule has 1 rings (SSSR count). The normalized spacial score (nSPS) is 10.8. The number of rotatable bonds is 7. The van der Waals surface area contributed by atoms with Gasteiger partial charge in [-0.15, -0.1) is 23.2 Å². The molecule has 17 heavy (non-hydrogen) atoms. The molecule has 0 atom stereocenters. The van der Waals surface area contributed by atoms with E-state index < -0.39 is 5.97 Å². The highest BCUT2D eigenvalue weighted by Crippen LogP contribution is 2.06. The molecule has 3 nitrogen and oxygen atoms in total. The number of hydrogen-bond acceptors (Lipinski definition) is 1. The predicted octanol–water partition coefficient (Wildman–Crippen LogP) is 1.31. The van der Waals surface area contributed by atoms with Crippen molar-refractivity contribution in [1.82, 2.24) is 0 Å². The lowest BCUT2D eigenvalue weighted by Crippen LogP contribution is -3.08. The van der Waals surface area contributed by atoms with Crippen LogP contribution in [0, 0.1) is 0 Å². The third-order valence-electron chi connectivity index (χ3n) is 2.51. The first-order valence-electron chi connectivity index (χ1n) is 5.45. The van der Waals surface area contributed by atoms with Crippen molar-refractivity contribution >= 4 is 34.9 Å². The summed E-state index contributed by atoms with van der Waals surface area (Å²) in [6.07, 6.45) is 0.0562. The second-order valence-corrected chi connectivity index (χ2v) is 4.50. The minimum Gasteiger partial charge on any atom is -0.481 e. The van der Waals surface area contributed by atoms with Gasteiger partial charge in [0.1, 0.15) is 5.69 Å². The largest absolute Gasteiger partial charge is 0.481 e. The maximum Gasteiger partial charge on any atom is 0.307 e. The number of halogens is 2. The van der Waals surface area contributed by atoms with Crippen LogP contribution < -0.4 is 4.90 Å². The number of hydrogen-bond donors (Lipinski definition) is 2. The minimum atomic E-state index is -0.816. The lowest BCUT2D eigenvalue weighted by molar-refractivity contribution is -0.827. The Morgan fingerprint density at radius 3 is 2.06 bits per heavy atom. The smallest absolute Gasteiger partial charge is 0.307 e. The molecule has 0 saturated carbocycles. The molecule has 0 aliphatic rings. The van der Waals surface area contributed by atoms with Gasteiger partial charge in [-0.2, -0.15) is 0 Å². The molecule has 0 amide bonds. The van der Waals surface area contributed by atoms with E-state index >= 15 is 0 Å². The van der Waals surface area contributed by atoms with Crippen molar-refractivity contribution in [3.8, 4) is 0 Å². The Morgan fingerprint density at radius 2 is 1.65 bits per heavy atom. The number of aliphatic carboxylic acids is 1. The van der Waals surface area contributed by atoms with Gasteiger partial charge in [0, 0.05) is 0 Å². The molecular weight excluding hydrogens is 261 g/mol. The van der Waals surface area contributed by atoms with Crippen LogP contribution in [0.15, 0.2) is 24.3 Å². The summed E-state index contributed by atoms with van der Waals surface area (Å²) in [5.74, 6) is 0.329. The summed E-state index contributed by atoms with van der Waals surface area (Å²) in [7, 11) is 0. The maximum atomic E-state index is 10.6. The van der Waals surface area contributed by atoms with Crippen molar-refractivity contribution in [2.24, 2.45) is 0 Å². The fraction of sp³-hybridized carbons (Fsp3) is 0.417. The Kier molecular flexibility index (Phi) is 6.34. The van der Waals surface area contributed by atoms with Gasteiger partial charge in [0.25, 0.3) is 0 Å². The zero-order chi connectivity index (χ0) is 12.7. The van der Waals surface area contributed by atoms with Gasteiger partial charge >= 0.3 is 5.97 Å². The summed E-state index contributed by atoms with van der Waals surface area (Å²) in [6, 6.07) is 7.55. The number of benzene rings is 1. The third-order valence-corrected chi connectivity index (χ3v) is 2.89. The molecule has 0 radical (unpaired) electrons. The van der Waals surface area contributed by atoms with Crippen molar-refractivity contribution < 1.29 is 14.8 Å². The van der Waals surface area contributed by atoms with Crippen molar-refractivity contribution in [3.05, 3.63) is 29.8 Å². The fourth-order valence-corrected chi connectivity index (χ4v) is 2.13. The van der Waals surface area contributed by atoms with Crippen molar-refractivity contribution in [1.29, 1.82) is 0 Å². The lowest BCUT2D eigenvalue weighted by Gasteiger charge is -2.16. The maximum absolute atomic E-state index is 10.6. The van der Waals surface area contributed by atoms with E-state index in [0.717, 1.165) is 24.3 Å². The molecule has 0 aromatic heterocycles. The van der Waals surface area contributed by atoms with Gasteiger partial charge < -0.3 is 10.0 Å². The molecule has 0 fully saturated rings. The van der Waals surface area contributed by atoms with Crippen molar-refractivity contribution in [3.63, 3.8) is 0 Å². The van der Waals surface area contributed by atoms with E-state index in [1.165, 1.54) is 4.90 Å². The van der Waals surface area contributed by atoms with Gasteiger partial charge in [-0.25, -0.2) is 0 Å². The number of carboxylic acid groups (broad SMARTS) is 1. The Bertz CT molecular complexity index is 348. The van der Waals surface area contributed by atoms with E-state index in [4.69, 9.17) is 28.3 Å². The molecule has 0 saturated heterocycles. The highest BCUT2D eigenvalue weighted by atomic mass is 35.5. The van der Waals surface area contributed by atoms with Crippen LogP contribution >= 0.6 is 23.2 Å². The van der Waals surface area contributed by atoms with Gasteiger partial charge in [-0.1, -0.05) is 12.1 Å². The Morgan fingerprint density at radius 1 is 1.12 bits per heavy atom. The number of quaternary nitrogens is 1. The Balaban J connectivity index is 2.72. The van der Waals surface area contributed by atoms with E-state index in [2.05, 4.69) is 0 Å². The van der Waals surface area contributed by atoms with Crippen LogP contribution in [0.25, 0.3) is 0 Å².